The van der Waals surface area contributed by atoms with Gasteiger partial charge in [-0.1, -0.05) is 46.8 Å². The summed E-state index contributed by atoms with van der Waals surface area (Å²) in [6.45, 7) is 10.6. The van der Waals surface area contributed by atoms with Crippen molar-refractivity contribution in [3.63, 3.8) is 0 Å². The Balaban J connectivity index is 2.48. The highest BCUT2D eigenvalue weighted by molar-refractivity contribution is 7.89. The number of carbonyl (C=O) groups excluding carboxylic acids is 3. The molecule has 6 N–H and O–H groups in total. The average molecular weight is 634 g/mol. The molecule has 0 aliphatic heterocycles. The van der Waals surface area contributed by atoms with Gasteiger partial charge in [0.1, 0.15) is 5.75 Å². The number of nitrogens with zero attached hydrogens (tertiary/aromatic N) is 2. The number of primary sulfonamides is 1. The third-order valence-electron chi connectivity index (χ3n) is 6.89. The van der Waals surface area contributed by atoms with Gasteiger partial charge in [0.05, 0.1) is 17.0 Å². The average Bonchev–Trinajstić information content (AvgIpc) is 2.96. The van der Waals surface area contributed by atoms with Crippen LogP contribution in [-0.4, -0.2) is 84.6 Å². The molecule has 0 aromatic heterocycles. The van der Waals surface area contributed by atoms with Crippen LogP contribution in [0.25, 0.3) is 0 Å². The molecule has 44 heavy (non-hydrogen) atoms. The number of nitrogens with one attached hydrogen (secondary N) is 2. The van der Waals surface area contributed by atoms with Crippen molar-refractivity contribution < 1.29 is 33.0 Å². The van der Waals surface area contributed by atoms with Crippen LogP contribution in [0.4, 0.5) is 0 Å². The smallest absolute Gasteiger partial charge is 0.253 e. The highest BCUT2D eigenvalue weighted by Crippen LogP contribution is 2.19. The van der Waals surface area contributed by atoms with Crippen LogP contribution in [-0.2, 0) is 21.2 Å². The molecule has 2 aromatic carbocycles. The molecule has 0 heterocycles. The molecule has 2 aromatic rings. The fourth-order valence-electron chi connectivity index (χ4n) is 4.58. The second kappa shape index (κ2) is 17.1. The molecule has 0 saturated heterocycles. The van der Waals surface area contributed by atoms with Crippen LogP contribution in [0.3, 0.4) is 0 Å². The van der Waals surface area contributed by atoms with Crippen LogP contribution in [0.5, 0.6) is 5.75 Å². The van der Waals surface area contributed by atoms with Crippen LogP contribution in [0, 0.1) is 5.92 Å². The van der Waals surface area contributed by atoms with Gasteiger partial charge in [0.15, 0.2) is 0 Å². The number of aromatic hydroxyl groups is 1. The van der Waals surface area contributed by atoms with Gasteiger partial charge in [-0.15, -0.1) is 0 Å². The fourth-order valence-corrected chi connectivity index (χ4v) is 5.16. The standard InChI is InChI=1S/C31H47N5O7S/c1-6-13-35(14-7-2)31(41)24-17-23(18-26(19-24)44(32,42)43)30(40)33-27(16-22-9-11-25(37)12-10-22)28(38)20-36(15-8-3)34-29(39)21(4)5/h9-12,17-19,21,27-28,37-38H,6-8,13-16,20H2,1-5H3,(H,33,40)(H,34,39)(H2,32,42,43). The number of benzene rings is 2. The van der Waals surface area contributed by atoms with Gasteiger partial charge in [0.2, 0.25) is 15.9 Å². The number of phenols is 1. The largest absolute Gasteiger partial charge is 0.508 e. The van der Waals surface area contributed by atoms with Gasteiger partial charge in [-0.25, -0.2) is 18.6 Å². The normalized spacial score (nSPS) is 13.0. The second-order valence-electron chi connectivity index (χ2n) is 11.2. The minimum atomic E-state index is -4.27. The second-order valence-corrected chi connectivity index (χ2v) is 12.7. The molecule has 2 atom stereocenters. The molecule has 12 nitrogen and oxygen atoms in total. The summed E-state index contributed by atoms with van der Waals surface area (Å²) in [6, 6.07) is 8.95. The molecule has 0 aliphatic rings. The van der Waals surface area contributed by atoms with E-state index in [1.54, 1.807) is 35.9 Å². The van der Waals surface area contributed by atoms with E-state index >= 15 is 0 Å². The predicted octanol–water partition coefficient (Wildman–Crippen LogP) is 2.40. The van der Waals surface area contributed by atoms with E-state index in [2.05, 4.69) is 10.7 Å². The van der Waals surface area contributed by atoms with Crippen molar-refractivity contribution in [3.05, 3.63) is 59.2 Å². The number of rotatable bonds is 17. The summed E-state index contributed by atoms with van der Waals surface area (Å²) < 4.78 is 24.7. The van der Waals surface area contributed by atoms with Crippen LogP contribution < -0.4 is 15.9 Å². The Hall–Kier alpha value is -3.52. The summed E-state index contributed by atoms with van der Waals surface area (Å²) in [5, 5.41) is 30.9. The maximum atomic E-state index is 13.7. The predicted molar refractivity (Wildman–Crippen MR) is 168 cm³/mol. The number of hydrogen-bond acceptors (Lipinski definition) is 8. The number of hydrazine groups is 1. The number of aliphatic hydroxyl groups excluding tert-OH is 1. The Kier molecular flexibility index (Phi) is 14.2. The zero-order valence-electron chi connectivity index (χ0n) is 26.2. The highest BCUT2D eigenvalue weighted by Gasteiger charge is 2.27. The molecule has 2 rings (SSSR count). The van der Waals surface area contributed by atoms with Crippen LogP contribution >= 0.6 is 0 Å². The summed E-state index contributed by atoms with van der Waals surface area (Å²) in [6.07, 6.45) is 1.03. The number of nitrogens with two attached hydrogens (primary N) is 1. The summed E-state index contributed by atoms with van der Waals surface area (Å²) >= 11 is 0. The van der Waals surface area contributed by atoms with Gasteiger partial charge in [-0.05, 0) is 61.6 Å². The maximum absolute atomic E-state index is 13.7. The molecule has 0 bridgehead atoms. The van der Waals surface area contributed by atoms with Gasteiger partial charge < -0.3 is 20.4 Å². The highest BCUT2D eigenvalue weighted by atomic mass is 32.2. The number of aliphatic hydroxyl groups is 1. The lowest BCUT2D eigenvalue weighted by Crippen LogP contribution is -2.54. The molecular weight excluding hydrogens is 586 g/mol. The van der Waals surface area contributed by atoms with E-state index in [1.165, 1.54) is 18.2 Å². The van der Waals surface area contributed by atoms with Crippen LogP contribution in [0.2, 0.25) is 0 Å². The van der Waals surface area contributed by atoms with Crippen molar-refractivity contribution in [2.45, 2.75) is 77.3 Å². The Morgan fingerprint density at radius 3 is 2.00 bits per heavy atom. The van der Waals surface area contributed by atoms with Gasteiger partial charge in [-0.3, -0.25) is 19.8 Å². The zero-order valence-corrected chi connectivity index (χ0v) is 27.1. The van der Waals surface area contributed by atoms with E-state index in [1.807, 2.05) is 20.8 Å². The van der Waals surface area contributed by atoms with E-state index in [0.29, 0.717) is 44.5 Å². The minimum Gasteiger partial charge on any atom is -0.508 e. The molecule has 0 radical (unpaired) electrons. The van der Waals surface area contributed by atoms with Crippen molar-refractivity contribution in [2.75, 3.05) is 26.2 Å². The van der Waals surface area contributed by atoms with E-state index in [0.717, 1.165) is 12.1 Å². The van der Waals surface area contributed by atoms with E-state index in [9.17, 15) is 33.0 Å². The lowest BCUT2D eigenvalue weighted by Gasteiger charge is -2.31. The first-order valence-corrected chi connectivity index (χ1v) is 16.5. The van der Waals surface area contributed by atoms with Crippen molar-refractivity contribution in [1.82, 2.24) is 20.7 Å². The first-order chi connectivity index (χ1) is 20.7. The molecule has 0 aliphatic carbocycles. The number of carbonyl (C=O) groups is 3. The Morgan fingerprint density at radius 2 is 1.48 bits per heavy atom. The van der Waals surface area contributed by atoms with Crippen LogP contribution in [0.1, 0.15) is 80.2 Å². The number of sulfonamides is 1. The number of phenolic OH excluding ortho intramolecular Hbond substituents is 1. The Bertz CT molecular complexity index is 1360. The number of hydrogen-bond donors (Lipinski definition) is 5. The first kappa shape index (κ1) is 36.7. The summed E-state index contributed by atoms with van der Waals surface area (Å²) in [7, 11) is -4.27. The molecule has 244 valence electrons. The first-order valence-electron chi connectivity index (χ1n) is 15.0. The molecule has 2 unspecified atom stereocenters. The molecular formula is C31H47N5O7S. The molecule has 3 amide bonds. The third-order valence-corrected chi connectivity index (χ3v) is 7.78. The molecule has 0 saturated carbocycles. The molecule has 0 fully saturated rings. The van der Waals surface area contributed by atoms with Crippen molar-refractivity contribution in [3.8, 4) is 5.75 Å². The monoisotopic (exact) mass is 633 g/mol. The SMILES string of the molecule is CCCN(CC(O)C(Cc1ccc(O)cc1)NC(=O)c1cc(C(=O)N(CCC)CCC)cc(S(N)(=O)=O)c1)NC(=O)C(C)C. The third kappa shape index (κ3) is 11.2. The topological polar surface area (TPSA) is 182 Å². The van der Waals surface area contributed by atoms with Gasteiger partial charge in [0, 0.05) is 43.2 Å². The summed E-state index contributed by atoms with van der Waals surface area (Å²) in [5.74, 6) is -1.60. The Morgan fingerprint density at radius 1 is 0.909 bits per heavy atom. The lowest BCUT2D eigenvalue weighted by atomic mass is 9.99. The zero-order chi connectivity index (χ0) is 33.0. The van der Waals surface area contributed by atoms with E-state index in [-0.39, 0.29) is 46.6 Å². The van der Waals surface area contributed by atoms with Crippen molar-refractivity contribution in [2.24, 2.45) is 11.1 Å². The van der Waals surface area contributed by atoms with Gasteiger partial charge in [-0.2, -0.15) is 0 Å². The summed E-state index contributed by atoms with van der Waals surface area (Å²) in [4.78, 5) is 40.6. The van der Waals surface area contributed by atoms with Crippen molar-refractivity contribution in [1.29, 1.82) is 0 Å². The lowest BCUT2D eigenvalue weighted by molar-refractivity contribution is -0.129. The fraction of sp³-hybridized carbons (Fsp3) is 0.516. The quantitative estimate of drug-likeness (QED) is 0.165. The number of amides is 3. The van der Waals surface area contributed by atoms with Gasteiger partial charge in [0.25, 0.3) is 11.8 Å². The minimum absolute atomic E-state index is 0.00438. The van der Waals surface area contributed by atoms with Crippen molar-refractivity contribution >= 4 is 27.7 Å². The molecule has 0 spiro atoms. The maximum Gasteiger partial charge on any atom is 0.253 e. The van der Waals surface area contributed by atoms with Gasteiger partial charge >= 0.3 is 0 Å². The summed E-state index contributed by atoms with van der Waals surface area (Å²) in [5.41, 5.74) is 3.39. The Labute approximate surface area is 260 Å². The van der Waals surface area contributed by atoms with E-state index in [4.69, 9.17) is 5.14 Å². The van der Waals surface area contributed by atoms with E-state index < -0.39 is 34.0 Å². The van der Waals surface area contributed by atoms with Crippen LogP contribution in [0.15, 0.2) is 47.4 Å². The molecule has 13 heteroatoms.